The second-order valence-corrected chi connectivity index (χ2v) is 6.03. The lowest BCUT2D eigenvalue weighted by Crippen LogP contribution is -2.36. The van der Waals surface area contributed by atoms with Crippen molar-refractivity contribution in [3.05, 3.63) is 41.8 Å². The van der Waals surface area contributed by atoms with Crippen LogP contribution in [0.4, 0.5) is 4.39 Å². The summed E-state index contributed by atoms with van der Waals surface area (Å²) in [5.74, 6) is -0.215. The van der Waals surface area contributed by atoms with E-state index in [0.29, 0.717) is 24.5 Å². The molecule has 0 atom stereocenters. The average molecular weight is 318 g/mol. The standard InChI is InChI=1S/C18H23FN2O2/c19-17-5-4-14(18-16(17)3-1-8-20-18)13-21-9-6-15(7-10-21)23-12-2-11-22/h1,3-5,8,15,22H,2,6-7,9-13H2. The van der Waals surface area contributed by atoms with E-state index < -0.39 is 0 Å². The maximum atomic E-state index is 13.9. The van der Waals surface area contributed by atoms with Crippen LogP contribution >= 0.6 is 0 Å². The number of hydrogen-bond acceptors (Lipinski definition) is 4. The van der Waals surface area contributed by atoms with Gasteiger partial charge in [0.15, 0.2) is 0 Å². The number of piperidine rings is 1. The van der Waals surface area contributed by atoms with E-state index in [1.54, 1.807) is 18.3 Å². The van der Waals surface area contributed by atoms with E-state index in [4.69, 9.17) is 9.84 Å². The number of benzene rings is 1. The molecule has 0 spiro atoms. The molecule has 0 saturated carbocycles. The van der Waals surface area contributed by atoms with Crippen molar-refractivity contribution >= 4 is 10.9 Å². The van der Waals surface area contributed by atoms with E-state index >= 15 is 0 Å². The molecule has 4 nitrogen and oxygen atoms in total. The summed E-state index contributed by atoms with van der Waals surface area (Å²) in [5.41, 5.74) is 1.83. The third-order valence-corrected chi connectivity index (χ3v) is 4.38. The summed E-state index contributed by atoms with van der Waals surface area (Å²) < 4.78 is 19.6. The molecule has 0 bridgehead atoms. The lowest BCUT2D eigenvalue weighted by atomic mass is 10.0. The fourth-order valence-electron chi connectivity index (χ4n) is 3.11. The van der Waals surface area contributed by atoms with Crippen LogP contribution in [0.2, 0.25) is 0 Å². The topological polar surface area (TPSA) is 45.6 Å². The predicted molar refractivity (Wildman–Crippen MR) is 87.7 cm³/mol. The quantitative estimate of drug-likeness (QED) is 0.832. The van der Waals surface area contributed by atoms with Gasteiger partial charge in [0.1, 0.15) is 5.82 Å². The molecule has 1 aromatic heterocycles. The van der Waals surface area contributed by atoms with Gasteiger partial charge in [-0.15, -0.1) is 0 Å². The highest BCUT2D eigenvalue weighted by atomic mass is 19.1. The van der Waals surface area contributed by atoms with Crippen molar-refractivity contribution in [1.29, 1.82) is 0 Å². The Labute approximate surface area is 135 Å². The summed E-state index contributed by atoms with van der Waals surface area (Å²) >= 11 is 0. The molecule has 2 aromatic rings. The number of likely N-dealkylation sites (tertiary alicyclic amines) is 1. The van der Waals surface area contributed by atoms with Gasteiger partial charge in [-0.3, -0.25) is 9.88 Å². The largest absolute Gasteiger partial charge is 0.396 e. The first-order chi connectivity index (χ1) is 11.3. The van der Waals surface area contributed by atoms with E-state index in [2.05, 4.69) is 9.88 Å². The number of aliphatic hydroxyl groups is 1. The molecule has 1 aromatic carbocycles. The Hall–Kier alpha value is -1.56. The Bertz CT molecular complexity index is 642. The van der Waals surface area contributed by atoms with Gasteiger partial charge in [-0.2, -0.15) is 0 Å². The summed E-state index contributed by atoms with van der Waals surface area (Å²) in [6.45, 7) is 3.54. The van der Waals surface area contributed by atoms with E-state index in [9.17, 15) is 4.39 Å². The normalized spacial score (nSPS) is 17.0. The highest BCUT2D eigenvalue weighted by Crippen LogP contribution is 2.23. The number of halogens is 1. The van der Waals surface area contributed by atoms with Gasteiger partial charge in [-0.1, -0.05) is 6.07 Å². The fourth-order valence-corrected chi connectivity index (χ4v) is 3.11. The van der Waals surface area contributed by atoms with Crippen LogP contribution < -0.4 is 0 Å². The third kappa shape index (κ3) is 4.05. The lowest BCUT2D eigenvalue weighted by molar-refractivity contribution is 0.000849. The van der Waals surface area contributed by atoms with Crippen LogP contribution in [0.1, 0.15) is 24.8 Å². The van der Waals surface area contributed by atoms with Crippen molar-refractivity contribution in [3.8, 4) is 0 Å². The molecular formula is C18H23FN2O2. The van der Waals surface area contributed by atoms with E-state index in [-0.39, 0.29) is 12.4 Å². The molecule has 5 heteroatoms. The minimum Gasteiger partial charge on any atom is -0.396 e. The molecule has 3 rings (SSSR count). The number of ether oxygens (including phenoxy) is 1. The summed E-state index contributed by atoms with van der Waals surface area (Å²) in [7, 11) is 0. The number of pyridine rings is 1. The molecule has 1 aliphatic rings. The number of rotatable bonds is 6. The van der Waals surface area contributed by atoms with Gasteiger partial charge >= 0.3 is 0 Å². The first-order valence-corrected chi connectivity index (χ1v) is 8.25. The van der Waals surface area contributed by atoms with Crippen LogP contribution in [0.25, 0.3) is 10.9 Å². The number of aromatic nitrogens is 1. The zero-order chi connectivity index (χ0) is 16.1. The second-order valence-electron chi connectivity index (χ2n) is 6.03. The third-order valence-electron chi connectivity index (χ3n) is 4.38. The fraction of sp³-hybridized carbons (Fsp3) is 0.500. The molecular weight excluding hydrogens is 295 g/mol. The van der Waals surface area contributed by atoms with Crippen molar-refractivity contribution in [2.75, 3.05) is 26.3 Å². The summed E-state index contributed by atoms with van der Waals surface area (Å²) in [4.78, 5) is 6.73. The molecule has 1 saturated heterocycles. The molecule has 0 amide bonds. The number of aliphatic hydroxyl groups excluding tert-OH is 1. The monoisotopic (exact) mass is 318 g/mol. The zero-order valence-electron chi connectivity index (χ0n) is 13.2. The molecule has 1 fully saturated rings. The van der Waals surface area contributed by atoms with Crippen LogP contribution in [0.5, 0.6) is 0 Å². The van der Waals surface area contributed by atoms with Crippen molar-refractivity contribution in [2.45, 2.75) is 31.9 Å². The molecule has 2 heterocycles. The van der Waals surface area contributed by atoms with Gasteiger partial charge in [0, 0.05) is 44.4 Å². The first kappa shape index (κ1) is 16.3. The molecule has 0 unspecified atom stereocenters. The molecule has 0 aliphatic carbocycles. The average Bonchev–Trinajstić information content (AvgIpc) is 2.59. The maximum Gasteiger partial charge on any atom is 0.132 e. The molecule has 1 aliphatic heterocycles. The smallest absolute Gasteiger partial charge is 0.132 e. The van der Waals surface area contributed by atoms with Gasteiger partial charge < -0.3 is 9.84 Å². The van der Waals surface area contributed by atoms with Gasteiger partial charge in [0.2, 0.25) is 0 Å². The van der Waals surface area contributed by atoms with Gasteiger partial charge in [-0.25, -0.2) is 4.39 Å². The van der Waals surface area contributed by atoms with Crippen LogP contribution in [0.15, 0.2) is 30.5 Å². The maximum absolute atomic E-state index is 13.9. The predicted octanol–water partition coefficient (Wildman–Crippen LogP) is 2.74. The minimum absolute atomic E-state index is 0.184. The lowest BCUT2D eigenvalue weighted by Gasteiger charge is -2.32. The summed E-state index contributed by atoms with van der Waals surface area (Å²) in [6.07, 6.45) is 4.71. The number of fused-ring (bicyclic) bond motifs is 1. The van der Waals surface area contributed by atoms with Crippen molar-refractivity contribution in [1.82, 2.24) is 9.88 Å². The van der Waals surface area contributed by atoms with Crippen LogP contribution in [-0.4, -0.2) is 47.4 Å². The minimum atomic E-state index is -0.215. The van der Waals surface area contributed by atoms with Gasteiger partial charge in [0.25, 0.3) is 0 Å². The summed E-state index contributed by atoms with van der Waals surface area (Å²) in [6, 6.07) is 6.92. The molecule has 1 N–H and O–H groups in total. The molecule has 0 radical (unpaired) electrons. The Kier molecular flexibility index (Phi) is 5.54. The SMILES string of the molecule is OCCCOC1CCN(Cc2ccc(F)c3cccnc23)CC1. The van der Waals surface area contributed by atoms with E-state index in [1.807, 2.05) is 6.07 Å². The Morgan fingerprint density at radius 1 is 1.26 bits per heavy atom. The molecule has 124 valence electrons. The Balaban J connectivity index is 1.60. The van der Waals surface area contributed by atoms with E-state index in [0.717, 1.165) is 43.6 Å². The van der Waals surface area contributed by atoms with Gasteiger partial charge in [0.05, 0.1) is 11.6 Å². The van der Waals surface area contributed by atoms with Gasteiger partial charge in [-0.05, 0) is 43.0 Å². The Morgan fingerprint density at radius 3 is 2.87 bits per heavy atom. The first-order valence-electron chi connectivity index (χ1n) is 8.25. The number of hydrogen-bond donors (Lipinski definition) is 1. The second kappa shape index (κ2) is 7.81. The van der Waals surface area contributed by atoms with Crippen LogP contribution in [0.3, 0.4) is 0 Å². The molecule has 23 heavy (non-hydrogen) atoms. The van der Waals surface area contributed by atoms with Crippen LogP contribution in [-0.2, 0) is 11.3 Å². The van der Waals surface area contributed by atoms with E-state index in [1.165, 1.54) is 6.07 Å². The van der Waals surface area contributed by atoms with Crippen molar-refractivity contribution in [2.24, 2.45) is 0 Å². The zero-order valence-corrected chi connectivity index (χ0v) is 13.2. The Morgan fingerprint density at radius 2 is 2.09 bits per heavy atom. The highest BCUT2D eigenvalue weighted by molar-refractivity contribution is 5.82. The van der Waals surface area contributed by atoms with Crippen molar-refractivity contribution in [3.63, 3.8) is 0 Å². The van der Waals surface area contributed by atoms with Crippen LogP contribution in [0, 0.1) is 5.82 Å². The summed E-state index contributed by atoms with van der Waals surface area (Å²) in [5, 5.41) is 9.38. The highest BCUT2D eigenvalue weighted by Gasteiger charge is 2.20. The van der Waals surface area contributed by atoms with Crippen molar-refractivity contribution < 1.29 is 14.2 Å². The number of nitrogens with zero attached hydrogens (tertiary/aromatic N) is 2.